The smallest absolute Gasteiger partial charge is 0.246 e. The quantitative estimate of drug-likeness (QED) is 0.788. The fourth-order valence-corrected chi connectivity index (χ4v) is 3.08. The minimum Gasteiger partial charge on any atom is -0.471 e. The molecule has 0 bridgehead atoms. The lowest BCUT2D eigenvalue weighted by Crippen LogP contribution is -2.38. The molecule has 0 aliphatic carbocycles. The van der Waals surface area contributed by atoms with Crippen LogP contribution in [-0.4, -0.2) is 46.3 Å². The van der Waals surface area contributed by atoms with Crippen LogP contribution < -0.4 is 9.47 Å². The Hall–Kier alpha value is -2.67. The van der Waals surface area contributed by atoms with Crippen molar-refractivity contribution in [3.05, 3.63) is 42.3 Å². The zero-order valence-electron chi connectivity index (χ0n) is 13.9. The number of likely N-dealkylation sites (N-methyl/N-ethyl adjacent to an activating group) is 1. The average molecular weight is 342 g/mol. The molecule has 1 atom stereocenters. The third-order valence-corrected chi connectivity index (χ3v) is 4.31. The van der Waals surface area contributed by atoms with Crippen molar-refractivity contribution < 1.29 is 13.9 Å². The van der Waals surface area contributed by atoms with Crippen LogP contribution in [0, 0.1) is 5.82 Å². The second kappa shape index (κ2) is 6.68. The van der Waals surface area contributed by atoms with Gasteiger partial charge in [0.05, 0.1) is 0 Å². The summed E-state index contributed by atoms with van der Waals surface area (Å²) in [4.78, 5) is 6.49. The molecule has 7 heteroatoms. The lowest BCUT2D eigenvalue weighted by atomic mass is 10.1. The van der Waals surface area contributed by atoms with Crippen LogP contribution in [0.5, 0.6) is 17.4 Å². The first-order valence-corrected chi connectivity index (χ1v) is 8.31. The van der Waals surface area contributed by atoms with Crippen LogP contribution in [0.2, 0.25) is 0 Å². The molecule has 1 fully saturated rings. The number of halogens is 1. The Morgan fingerprint density at radius 1 is 1.24 bits per heavy atom. The van der Waals surface area contributed by atoms with Gasteiger partial charge in [0.1, 0.15) is 17.2 Å². The van der Waals surface area contributed by atoms with Crippen LogP contribution in [0.25, 0.3) is 11.0 Å². The van der Waals surface area contributed by atoms with Crippen LogP contribution in [0.15, 0.2) is 36.5 Å². The third-order valence-electron chi connectivity index (χ3n) is 4.31. The van der Waals surface area contributed by atoms with E-state index in [1.165, 1.54) is 6.07 Å². The van der Waals surface area contributed by atoms with Gasteiger partial charge in [0.25, 0.3) is 0 Å². The summed E-state index contributed by atoms with van der Waals surface area (Å²) in [6.07, 6.45) is 3.71. The van der Waals surface area contributed by atoms with E-state index in [1.807, 2.05) is 0 Å². The Morgan fingerprint density at radius 2 is 2.12 bits per heavy atom. The number of nitrogens with one attached hydrogen (secondary N) is 1. The van der Waals surface area contributed by atoms with Crippen molar-refractivity contribution in [2.24, 2.45) is 0 Å². The molecule has 1 N–H and O–H groups in total. The van der Waals surface area contributed by atoms with E-state index in [1.54, 1.807) is 30.5 Å². The first-order chi connectivity index (χ1) is 12.2. The van der Waals surface area contributed by atoms with Gasteiger partial charge in [-0.05, 0) is 38.6 Å². The minimum absolute atomic E-state index is 0.0618. The highest BCUT2D eigenvalue weighted by molar-refractivity contribution is 5.87. The van der Waals surface area contributed by atoms with Gasteiger partial charge in [-0.1, -0.05) is 12.1 Å². The second-order valence-corrected chi connectivity index (χ2v) is 6.24. The molecule has 2 aromatic heterocycles. The molecule has 0 saturated carbocycles. The molecule has 0 amide bonds. The fourth-order valence-electron chi connectivity index (χ4n) is 3.08. The summed E-state index contributed by atoms with van der Waals surface area (Å²) in [6.45, 7) is 1.92. The van der Waals surface area contributed by atoms with E-state index in [4.69, 9.17) is 9.47 Å². The molecule has 1 aromatic carbocycles. The van der Waals surface area contributed by atoms with Crippen molar-refractivity contribution in [1.29, 1.82) is 0 Å². The van der Waals surface area contributed by atoms with Crippen LogP contribution in [0.3, 0.4) is 0 Å². The summed E-state index contributed by atoms with van der Waals surface area (Å²) >= 11 is 0. The maximum Gasteiger partial charge on any atom is 0.246 e. The first kappa shape index (κ1) is 15.8. The van der Waals surface area contributed by atoms with Crippen molar-refractivity contribution in [3.63, 3.8) is 0 Å². The number of nitrogens with zero attached hydrogens (tertiary/aromatic N) is 3. The number of H-pyrrole nitrogens is 1. The summed E-state index contributed by atoms with van der Waals surface area (Å²) in [7, 11) is 2.08. The van der Waals surface area contributed by atoms with Gasteiger partial charge in [0.2, 0.25) is 5.88 Å². The van der Waals surface area contributed by atoms with Crippen LogP contribution >= 0.6 is 0 Å². The van der Waals surface area contributed by atoms with Crippen molar-refractivity contribution in [2.45, 2.75) is 18.9 Å². The molecule has 25 heavy (non-hydrogen) atoms. The Bertz CT molecular complexity index is 882. The highest BCUT2D eigenvalue weighted by Gasteiger charge is 2.22. The Labute approximate surface area is 144 Å². The van der Waals surface area contributed by atoms with Gasteiger partial charge in [-0.25, -0.2) is 9.37 Å². The number of aromatic amines is 1. The number of hydrogen-bond acceptors (Lipinski definition) is 5. The van der Waals surface area contributed by atoms with E-state index < -0.39 is 5.82 Å². The van der Waals surface area contributed by atoms with E-state index in [2.05, 4.69) is 27.1 Å². The largest absolute Gasteiger partial charge is 0.471 e. The first-order valence-electron chi connectivity index (χ1n) is 8.31. The molecule has 6 nitrogen and oxygen atoms in total. The molecular weight excluding hydrogens is 323 g/mol. The van der Waals surface area contributed by atoms with Crippen LogP contribution in [-0.2, 0) is 0 Å². The average Bonchev–Trinajstić information content (AvgIpc) is 3.01. The zero-order valence-corrected chi connectivity index (χ0v) is 13.9. The van der Waals surface area contributed by atoms with Gasteiger partial charge in [-0.3, -0.25) is 5.10 Å². The molecule has 1 aliphatic rings. The lowest BCUT2D eigenvalue weighted by Gasteiger charge is -2.29. The summed E-state index contributed by atoms with van der Waals surface area (Å²) in [5, 5.41) is 7.72. The van der Waals surface area contributed by atoms with Gasteiger partial charge in [0.15, 0.2) is 17.2 Å². The maximum atomic E-state index is 13.9. The third kappa shape index (κ3) is 3.28. The number of para-hydroxylation sites is 1. The predicted molar refractivity (Wildman–Crippen MR) is 91.5 cm³/mol. The molecule has 1 saturated heterocycles. The zero-order chi connectivity index (χ0) is 17.2. The van der Waals surface area contributed by atoms with Gasteiger partial charge in [-0.15, -0.1) is 5.10 Å². The highest BCUT2D eigenvalue weighted by Crippen LogP contribution is 2.35. The molecule has 1 unspecified atom stereocenters. The van der Waals surface area contributed by atoms with E-state index in [0.29, 0.717) is 22.7 Å². The second-order valence-electron chi connectivity index (χ2n) is 6.24. The number of fused-ring (bicyclic) bond motifs is 1. The normalized spacial score (nSPS) is 18.4. The van der Waals surface area contributed by atoms with Crippen LogP contribution in [0.4, 0.5) is 4.39 Å². The molecule has 3 heterocycles. The molecule has 3 aromatic rings. The van der Waals surface area contributed by atoms with Gasteiger partial charge < -0.3 is 14.4 Å². The Kier molecular flexibility index (Phi) is 4.23. The summed E-state index contributed by atoms with van der Waals surface area (Å²) < 4.78 is 25.8. The molecule has 0 spiro atoms. The highest BCUT2D eigenvalue weighted by atomic mass is 19.1. The number of likely N-dealkylation sites (tertiary alicyclic amines) is 1. The molecule has 130 valence electrons. The number of benzene rings is 1. The van der Waals surface area contributed by atoms with Gasteiger partial charge in [-0.2, -0.15) is 0 Å². The molecule has 1 aliphatic heterocycles. The topological polar surface area (TPSA) is 63.3 Å². The monoisotopic (exact) mass is 342 g/mol. The van der Waals surface area contributed by atoms with Gasteiger partial charge >= 0.3 is 0 Å². The standard InChI is InChI=1S/C18H19FN4O2/c1-23-10-4-5-12(11-23)24-18-16-15(8-9-20-17(16)21-22-18)25-14-7-3-2-6-13(14)19/h2-3,6-9,12H,4-5,10-11H2,1H3,(H,20,21,22). The predicted octanol–water partition coefficient (Wildman–Crippen LogP) is 3.36. The fraction of sp³-hybridized carbons (Fsp3) is 0.333. The van der Waals surface area contributed by atoms with E-state index in [9.17, 15) is 4.39 Å². The van der Waals surface area contributed by atoms with Crippen molar-refractivity contribution in [1.82, 2.24) is 20.1 Å². The van der Waals surface area contributed by atoms with Crippen LogP contribution in [0.1, 0.15) is 12.8 Å². The SMILES string of the molecule is CN1CCCC(Oc2n[nH]c3nccc(Oc4ccccc4F)c23)C1. The molecular formula is C18H19FN4O2. The number of hydrogen-bond donors (Lipinski definition) is 1. The number of piperidine rings is 1. The summed E-state index contributed by atoms with van der Waals surface area (Å²) in [5.74, 6) is 0.629. The van der Waals surface area contributed by atoms with Crippen molar-refractivity contribution >= 4 is 11.0 Å². The number of ether oxygens (including phenoxy) is 2. The summed E-state index contributed by atoms with van der Waals surface area (Å²) in [6, 6.07) is 7.97. The van der Waals surface area contributed by atoms with Crippen molar-refractivity contribution in [2.75, 3.05) is 20.1 Å². The van der Waals surface area contributed by atoms with Gasteiger partial charge in [0, 0.05) is 18.8 Å². The van der Waals surface area contributed by atoms with E-state index in [0.717, 1.165) is 25.9 Å². The van der Waals surface area contributed by atoms with E-state index >= 15 is 0 Å². The minimum atomic E-state index is -0.424. The Morgan fingerprint density at radius 3 is 2.96 bits per heavy atom. The maximum absolute atomic E-state index is 13.9. The number of rotatable bonds is 4. The molecule has 4 rings (SSSR count). The Balaban J connectivity index is 1.66. The van der Waals surface area contributed by atoms with Crippen molar-refractivity contribution in [3.8, 4) is 17.4 Å². The lowest BCUT2D eigenvalue weighted by molar-refractivity contribution is 0.101. The summed E-state index contributed by atoms with van der Waals surface area (Å²) in [5.41, 5.74) is 0.549. The van der Waals surface area contributed by atoms with E-state index in [-0.39, 0.29) is 11.9 Å². The molecule has 0 radical (unpaired) electrons. The number of aromatic nitrogens is 3. The number of pyridine rings is 1.